The van der Waals surface area contributed by atoms with Crippen molar-refractivity contribution < 1.29 is 17.6 Å². The number of anilines is 1. The van der Waals surface area contributed by atoms with E-state index in [0.29, 0.717) is 43.0 Å². The van der Waals surface area contributed by atoms with Crippen LogP contribution in [0.2, 0.25) is 0 Å². The first-order valence-electron chi connectivity index (χ1n) is 10.1. The number of amides is 1. The maximum Gasteiger partial charge on any atom is 0.243 e. The van der Waals surface area contributed by atoms with Crippen molar-refractivity contribution in [1.82, 2.24) is 14.3 Å². The molecule has 2 aliphatic rings. The van der Waals surface area contributed by atoms with Crippen molar-refractivity contribution in [3.8, 4) is 0 Å². The summed E-state index contributed by atoms with van der Waals surface area (Å²) >= 11 is 0. The van der Waals surface area contributed by atoms with Crippen molar-refractivity contribution in [3.63, 3.8) is 0 Å². The average molecular weight is 433 g/mol. The number of nitrogens with zero attached hydrogens (tertiary/aromatic N) is 4. The SMILES string of the molecule is Cc1cc(S(=O)(=O)N2CCC[C@H](c3nc(C)c4c(n3)N(C)C(=O)CC4)C2)ccc1F. The zero-order valence-electron chi connectivity index (χ0n) is 17.4. The van der Waals surface area contributed by atoms with Crippen LogP contribution < -0.4 is 4.90 Å². The van der Waals surface area contributed by atoms with Gasteiger partial charge < -0.3 is 0 Å². The summed E-state index contributed by atoms with van der Waals surface area (Å²) in [7, 11) is -2.03. The molecular weight excluding hydrogens is 407 g/mol. The van der Waals surface area contributed by atoms with Crippen LogP contribution in [0.1, 0.15) is 47.8 Å². The summed E-state index contributed by atoms with van der Waals surface area (Å²) in [6.07, 6.45) is 2.52. The number of aromatic nitrogens is 2. The van der Waals surface area contributed by atoms with Crippen LogP contribution in [0.4, 0.5) is 10.2 Å². The molecule has 2 aromatic rings. The Morgan fingerprint density at radius 2 is 1.93 bits per heavy atom. The summed E-state index contributed by atoms with van der Waals surface area (Å²) in [5.41, 5.74) is 2.11. The molecule has 0 bridgehead atoms. The van der Waals surface area contributed by atoms with Gasteiger partial charge in [-0.1, -0.05) is 0 Å². The lowest BCUT2D eigenvalue weighted by Gasteiger charge is -2.32. The molecule has 0 N–H and O–H groups in total. The van der Waals surface area contributed by atoms with Gasteiger partial charge in [-0.15, -0.1) is 0 Å². The fraction of sp³-hybridized carbons (Fsp3) is 0.476. The maximum absolute atomic E-state index is 13.6. The molecule has 9 heteroatoms. The van der Waals surface area contributed by atoms with Gasteiger partial charge in [0.2, 0.25) is 15.9 Å². The summed E-state index contributed by atoms with van der Waals surface area (Å²) in [5, 5.41) is 0. The van der Waals surface area contributed by atoms with Crippen molar-refractivity contribution >= 4 is 21.7 Å². The molecule has 160 valence electrons. The Morgan fingerprint density at radius 3 is 2.67 bits per heavy atom. The second kappa shape index (κ2) is 7.70. The fourth-order valence-electron chi connectivity index (χ4n) is 4.17. The van der Waals surface area contributed by atoms with Gasteiger partial charge >= 0.3 is 0 Å². The van der Waals surface area contributed by atoms with E-state index in [1.807, 2.05) is 6.92 Å². The van der Waals surface area contributed by atoms with Crippen molar-refractivity contribution in [2.75, 3.05) is 25.0 Å². The summed E-state index contributed by atoms with van der Waals surface area (Å²) in [6.45, 7) is 4.12. The molecule has 4 rings (SSSR count). The number of carbonyl (C=O) groups excluding carboxylic acids is 1. The third-order valence-corrected chi connectivity index (χ3v) is 7.87. The molecule has 1 aromatic heterocycles. The molecule has 1 fully saturated rings. The van der Waals surface area contributed by atoms with Gasteiger partial charge in [-0.05, 0) is 56.9 Å². The molecule has 0 aliphatic carbocycles. The number of fused-ring (bicyclic) bond motifs is 1. The van der Waals surface area contributed by atoms with Crippen molar-refractivity contribution in [2.45, 2.75) is 50.3 Å². The summed E-state index contributed by atoms with van der Waals surface area (Å²) in [6, 6.07) is 3.86. The normalized spacial score (nSPS) is 20.3. The van der Waals surface area contributed by atoms with Gasteiger partial charge in [0.1, 0.15) is 17.5 Å². The van der Waals surface area contributed by atoms with Crippen molar-refractivity contribution in [2.24, 2.45) is 0 Å². The third-order valence-electron chi connectivity index (χ3n) is 6.01. The molecule has 1 atom stereocenters. The molecule has 0 radical (unpaired) electrons. The van der Waals surface area contributed by atoms with E-state index >= 15 is 0 Å². The first-order valence-corrected chi connectivity index (χ1v) is 11.5. The molecular formula is C21H25FN4O3S. The van der Waals surface area contributed by atoms with Gasteiger partial charge in [-0.25, -0.2) is 22.8 Å². The van der Waals surface area contributed by atoms with Crippen LogP contribution >= 0.6 is 0 Å². The van der Waals surface area contributed by atoms with Crippen LogP contribution in [0.3, 0.4) is 0 Å². The molecule has 2 aliphatic heterocycles. The van der Waals surface area contributed by atoms with Crippen molar-refractivity contribution in [1.29, 1.82) is 0 Å². The number of hydrogen-bond acceptors (Lipinski definition) is 5. The lowest BCUT2D eigenvalue weighted by atomic mass is 9.97. The Morgan fingerprint density at radius 1 is 1.17 bits per heavy atom. The molecule has 30 heavy (non-hydrogen) atoms. The Labute approximate surface area is 176 Å². The second-order valence-corrected chi connectivity index (χ2v) is 9.97. The average Bonchev–Trinajstić information content (AvgIpc) is 2.73. The van der Waals surface area contributed by atoms with Crippen LogP contribution in [0, 0.1) is 19.7 Å². The number of piperidine rings is 1. The molecule has 0 saturated carbocycles. The maximum atomic E-state index is 13.6. The highest BCUT2D eigenvalue weighted by Gasteiger charge is 2.34. The number of carbonyl (C=O) groups is 1. The highest BCUT2D eigenvalue weighted by molar-refractivity contribution is 7.89. The monoisotopic (exact) mass is 432 g/mol. The quantitative estimate of drug-likeness (QED) is 0.745. The van der Waals surface area contributed by atoms with Crippen LogP contribution in [-0.2, 0) is 21.2 Å². The van der Waals surface area contributed by atoms with Gasteiger partial charge in [-0.2, -0.15) is 4.31 Å². The minimum Gasteiger partial charge on any atom is -0.300 e. The number of aryl methyl sites for hydroxylation is 2. The fourth-order valence-corrected chi connectivity index (χ4v) is 5.78. The van der Waals surface area contributed by atoms with Gasteiger partial charge in [0.15, 0.2) is 0 Å². The van der Waals surface area contributed by atoms with Crippen LogP contribution in [-0.4, -0.2) is 48.7 Å². The minimum absolute atomic E-state index is 0.0195. The molecule has 0 unspecified atom stereocenters. The number of halogens is 1. The Hall–Kier alpha value is -2.39. The van der Waals surface area contributed by atoms with Crippen LogP contribution in [0.5, 0.6) is 0 Å². The smallest absolute Gasteiger partial charge is 0.243 e. The van der Waals surface area contributed by atoms with E-state index in [-0.39, 0.29) is 23.3 Å². The van der Waals surface area contributed by atoms with E-state index in [4.69, 9.17) is 0 Å². The van der Waals surface area contributed by atoms with E-state index in [9.17, 15) is 17.6 Å². The molecule has 3 heterocycles. The van der Waals surface area contributed by atoms with Crippen LogP contribution in [0.25, 0.3) is 0 Å². The Kier molecular flexibility index (Phi) is 5.36. The Bertz CT molecular complexity index is 1120. The second-order valence-electron chi connectivity index (χ2n) is 8.04. The number of hydrogen-bond donors (Lipinski definition) is 0. The van der Waals surface area contributed by atoms with Crippen molar-refractivity contribution in [3.05, 3.63) is 46.7 Å². The van der Waals surface area contributed by atoms with Gasteiger partial charge in [-0.3, -0.25) is 9.69 Å². The van der Waals surface area contributed by atoms with E-state index in [1.165, 1.54) is 22.5 Å². The number of sulfonamides is 1. The van der Waals surface area contributed by atoms with Gasteiger partial charge in [0.05, 0.1) is 4.90 Å². The summed E-state index contributed by atoms with van der Waals surface area (Å²) in [4.78, 5) is 23.1. The largest absolute Gasteiger partial charge is 0.300 e. The zero-order chi connectivity index (χ0) is 21.6. The predicted molar refractivity (Wildman–Crippen MR) is 110 cm³/mol. The minimum atomic E-state index is -3.74. The van der Waals surface area contributed by atoms with Gasteiger partial charge in [0, 0.05) is 43.7 Å². The van der Waals surface area contributed by atoms with Crippen LogP contribution in [0.15, 0.2) is 23.1 Å². The molecule has 0 spiro atoms. The third kappa shape index (κ3) is 3.60. The first kappa shape index (κ1) is 20.9. The van der Waals surface area contributed by atoms with E-state index in [1.54, 1.807) is 18.9 Å². The number of benzene rings is 1. The zero-order valence-corrected chi connectivity index (χ0v) is 18.2. The lowest BCUT2D eigenvalue weighted by Crippen LogP contribution is -2.40. The molecule has 7 nitrogen and oxygen atoms in total. The van der Waals surface area contributed by atoms with E-state index < -0.39 is 15.8 Å². The van der Waals surface area contributed by atoms with E-state index in [2.05, 4.69) is 9.97 Å². The molecule has 1 amide bonds. The standard InChI is InChI=1S/C21H25FN4O3S/c1-13-11-16(6-8-18(13)22)30(28,29)26-10-4-5-15(12-26)20-23-14(2)17-7-9-19(27)25(3)21(17)24-20/h6,8,11,15H,4-5,7,9-10,12H2,1-3H3/t15-/m0/s1. The first-order chi connectivity index (χ1) is 14.2. The lowest BCUT2D eigenvalue weighted by molar-refractivity contribution is -0.118. The predicted octanol–water partition coefficient (Wildman–Crippen LogP) is 2.71. The topological polar surface area (TPSA) is 83.5 Å². The molecule has 1 saturated heterocycles. The number of rotatable bonds is 3. The van der Waals surface area contributed by atoms with E-state index in [0.717, 1.165) is 17.7 Å². The highest BCUT2D eigenvalue weighted by atomic mass is 32.2. The van der Waals surface area contributed by atoms with Gasteiger partial charge in [0.25, 0.3) is 0 Å². The summed E-state index contributed by atoms with van der Waals surface area (Å²) < 4.78 is 41.3. The summed E-state index contributed by atoms with van der Waals surface area (Å²) in [5.74, 6) is 0.628. The molecule has 1 aromatic carbocycles. The Balaban J connectivity index is 1.64. The highest BCUT2D eigenvalue weighted by Crippen LogP contribution is 2.33.